The number of phenolic OH excluding ortho intramolecular Hbond substituents is 2. The predicted octanol–water partition coefficient (Wildman–Crippen LogP) is 5.88. The molecule has 16 heteroatoms. The van der Waals surface area contributed by atoms with Gasteiger partial charge in [0.2, 0.25) is 0 Å². The standard InChI is InChI=1S/C46H57N3O13/c1-22-14-16-30(17-15-22)48-49-34(51)21-59-33-20-31-41(55)36-35(33)37-43(28(7)40(36)54)62-46(9,44(37)56)60-19-18-32(58-10)25(4)42(61-29(8)50)27(6)39(53)26(5)38(52)23(2)12-11-13-24(3)45(57)47-31/h11-20,23,25-27,32,38-39,42,48,52-55H,21H2,1-10H3,(H,47,57)(H,49,51)/b12-11+,19-18+,24-13-/t23-,25-,26-,27-,32+,38-,39+,42-,46+/m1/s1. The first-order chi connectivity index (χ1) is 29.2. The van der Waals surface area contributed by atoms with Crippen molar-refractivity contribution >= 4 is 45.7 Å². The summed E-state index contributed by atoms with van der Waals surface area (Å²) in [4.78, 5) is 53.5. The molecule has 9 atom stereocenters. The van der Waals surface area contributed by atoms with Crippen LogP contribution in [0.5, 0.6) is 23.0 Å². The molecule has 0 saturated carbocycles. The highest BCUT2D eigenvalue weighted by molar-refractivity contribution is 6.21. The summed E-state index contributed by atoms with van der Waals surface area (Å²) < 4.78 is 29.7. The van der Waals surface area contributed by atoms with E-state index in [1.165, 1.54) is 59.3 Å². The van der Waals surface area contributed by atoms with Crippen LogP contribution in [0, 0.1) is 37.5 Å². The molecule has 62 heavy (non-hydrogen) atoms. The number of ether oxygens (including phenoxy) is 5. The molecule has 16 nitrogen and oxygen atoms in total. The number of hydrogen-bond acceptors (Lipinski definition) is 14. The van der Waals surface area contributed by atoms with Crippen LogP contribution in [0.2, 0.25) is 0 Å². The first kappa shape index (κ1) is 47.0. The van der Waals surface area contributed by atoms with Crippen molar-refractivity contribution in [3.63, 3.8) is 0 Å². The van der Waals surface area contributed by atoms with E-state index in [0.29, 0.717) is 5.69 Å². The van der Waals surface area contributed by atoms with Crippen molar-refractivity contribution in [1.29, 1.82) is 0 Å². The molecule has 0 saturated heterocycles. The number of aryl methyl sites for hydroxylation is 1. The van der Waals surface area contributed by atoms with Crippen LogP contribution in [-0.4, -0.2) is 87.9 Å². The number of hydrogen-bond donors (Lipinski definition) is 7. The highest BCUT2D eigenvalue weighted by Gasteiger charge is 2.49. The van der Waals surface area contributed by atoms with Gasteiger partial charge in [0.1, 0.15) is 23.4 Å². The van der Waals surface area contributed by atoms with Gasteiger partial charge in [-0.05, 0) is 39.0 Å². The average molecular weight is 860 g/mol. The fraction of sp³-hybridized carbons (Fsp3) is 0.435. The zero-order valence-electron chi connectivity index (χ0n) is 36.6. The number of esters is 1. The smallest absolute Gasteiger partial charge is 0.312 e. The summed E-state index contributed by atoms with van der Waals surface area (Å²) in [6.07, 6.45) is 3.50. The number of nitrogens with one attached hydrogen (secondary N) is 3. The lowest BCUT2D eigenvalue weighted by Gasteiger charge is -2.38. The molecule has 3 heterocycles. The van der Waals surface area contributed by atoms with Crippen molar-refractivity contribution in [2.45, 2.75) is 92.5 Å². The summed E-state index contributed by atoms with van der Waals surface area (Å²) >= 11 is 0. The largest absolute Gasteiger partial charge is 0.507 e. The number of hydrazine groups is 1. The monoisotopic (exact) mass is 859 g/mol. The number of rotatable bonds is 7. The Hall–Kier alpha value is -6.10. The Balaban J connectivity index is 1.63. The summed E-state index contributed by atoms with van der Waals surface area (Å²) in [6.45, 7) is 13.8. The van der Waals surface area contributed by atoms with E-state index in [-0.39, 0.29) is 44.7 Å². The van der Waals surface area contributed by atoms with E-state index in [0.717, 1.165) is 5.56 Å². The summed E-state index contributed by atoms with van der Waals surface area (Å²) in [5.74, 6) is -8.56. The van der Waals surface area contributed by atoms with E-state index in [1.807, 2.05) is 19.1 Å². The molecule has 0 spiro atoms. The minimum absolute atomic E-state index is 0.0550. The van der Waals surface area contributed by atoms with Crippen molar-refractivity contribution in [3.05, 3.63) is 83.2 Å². The van der Waals surface area contributed by atoms with Gasteiger partial charge in [-0.1, -0.05) is 63.6 Å². The minimum atomic E-state index is -2.05. The third kappa shape index (κ3) is 9.83. The Labute approximate surface area is 360 Å². The number of aliphatic hydroxyl groups excluding tert-OH is 2. The number of anilines is 2. The molecule has 334 valence electrons. The molecule has 6 rings (SSSR count). The number of ketones is 1. The van der Waals surface area contributed by atoms with Crippen LogP contribution in [0.25, 0.3) is 10.8 Å². The molecule has 7 N–H and O–H groups in total. The number of methoxy groups -OCH3 is 1. The molecule has 0 fully saturated rings. The van der Waals surface area contributed by atoms with Crippen LogP contribution in [-0.2, 0) is 28.6 Å². The number of carbonyl (C=O) groups excluding carboxylic acids is 4. The normalized spacial score (nSPS) is 28.8. The van der Waals surface area contributed by atoms with Crippen molar-refractivity contribution in [1.82, 2.24) is 5.43 Å². The van der Waals surface area contributed by atoms with Gasteiger partial charge in [0.25, 0.3) is 17.6 Å². The van der Waals surface area contributed by atoms with Crippen molar-refractivity contribution in [2.75, 3.05) is 24.5 Å². The molecular formula is C46H57N3O13. The highest BCUT2D eigenvalue weighted by Crippen LogP contribution is 2.54. The molecule has 0 aliphatic carbocycles. The molecular weight excluding hydrogens is 803 g/mol. The first-order valence-electron chi connectivity index (χ1n) is 20.3. The Morgan fingerprint density at radius 2 is 1.60 bits per heavy atom. The van der Waals surface area contributed by atoms with Gasteiger partial charge < -0.3 is 49.4 Å². The molecule has 0 aromatic heterocycles. The van der Waals surface area contributed by atoms with Crippen LogP contribution in [0.1, 0.15) is 70.0 Å². The fourth-order valence-corrected chi connectivity index (χ4v) is 7.71. The number of benzene rings is 3. The number of aromatic hydroxyl groups is 2. The number of Topliss-reactive ketones (excluding diaryl/α,β-unsaturated/α-hetero) is 1. The first-order valence-corrected chi connectivity index (χ1v) is 20.3. The zero-order chi connectivity index (χ0) is 45.8. The number of fused-ring (bicyclic) bond motifs is 14. The third-order valence-corrected chi connectivity index (χ3v) is 11.6. The lowest BCUT2D eigenvalue weighted by Crippen LogP contribution is -2.46. The number of carbonyl (C=O) groups is 4. The van der Waals surface area contributed by atoms with Gasteiger partial charge in [0, 0.05) is 67.2 Å². The van der Waals surface area contributed by atoms with Crippen molar-refractivity contribution in [3.8, 4) is 23.0 Å². The third-order valence-electron chi connectivity index (χ3n) is 11.6. The predicted molar refractivity (Wildman–Crippen MR) is 231 cm³/mol. The second-order valence-electron chi connectivity index (χ2n) is 16.2. The fourth-order valence-electron chi connectivity index (χ4n) is 7.71. The number of phenols is 2. The van der Waals surface area contributed by atoms with Crippen LogP contribution >= 0.6 is 0 Å². The molecule has 0 radical (unpaired) electrons. The van der Waals surface area contributed by atoms with Crippen LogP contribution in [0.3, 0.4) is 0 Å². The van der Waals surface area contributed by atoms with Gasteiger partial charge in [0.05, 0.1) is 46.9 Å². The van der Waals surface area contributed by atoms with E-state index >= 15 is 0 Å². The SMILES string of the molecule is CO[C@H]1/C=C/O[C@@]2(C)Oc3c(C)c(O)c4c(O)c(cc(OCC(=O)NNc5ccc(C)cc5)c4c3C2=O)NC(=O)/C(C)=C\C=C\[C@@H](C)[C@@H](O)[C@@H](C)[C@H](O)[C@@H](C)[C@H](OC(C)=O)[C@@H]1C. The molecule has 3 aromatic rings. The maximum atomic E-state index is 14.5. The van der Waals surface area contributed by atoms with Gasteiger partial charge in [-0.15, -0.1) is 0 Å². The Morgan fingerprint density at radius 3 is 2.24 bits per heavy atom. The number of amides is 2. The minimum Gasteiger partial charge on any atom is -0.507 e. The molecule has 0 unspecified atom stereocenters. The molecule has 3 aliphatic heterocycles. The van der Waals surface area contributed by atoms with Crippen LogP contribution in [0.15, 0.2) is 66.5 Å². The lowest BCUT2D eigenvalue weighted by molar-refractivity contribution is -0.160. The maximum Gasteiger partial charge on any atom is 0.312 e. The second-order valence-corrected chi connectivity index (χ2v) is 16.2. The Bertz CT molecular complexity index is 2290. The van der Waals surface area contributed by atoms with Gasteiger partial charge >= 0.3 is 11.8 Å². The molecule has 3 aromatic carbocycles. The van der Waals surface area contributed by atoms with Gasteiger partial charge in [-0.3, -0.25) is 30.0 Å². The van der Waals surface area contributed by atoms with E-state index in [1.54, 1.807) is 52.0 Å². The van der Waals surface area contributed by atoms with Crippen LogP contribution in [0.4, 0.5) is 11.4 Å². The highest BCUT2D eigenvalue weighted by atomic mass is 16.7. The van der Waals surface area contributed by atoms with Crippen molar-refractivity contribution in [2.24, 2.45) is 23.7 Å². The van der Waals surface area contributed by atoms with Gasteiger partial charge in [-0.25, -0.2) is 0 Å². The number of allylic oxidation sites excluding steroid dienone is 2. The maximum absolute atomic E-state index is 14.5. The van der Waals surface area contributed by atoms with Crippen molar-refractivity contribution < 1.29 is 63.3 Å². The van der Waals surface area contributed by atoms with Crippen LogP contribution < -0.4 is 25.6 Å². The van der Waals surface area contributed by atoms with E-state index in [2.05, 4.69) is 16.2 Å². The van der Waals surface area contributed by atoms with E-state index in [9.17, 15) is 39.6 Å². The second kappa shape index (κ2) is 19.3. The van der Waals surface area contributed by atoms with E-state index in [4.69, 9.17) is 23.7 Å². The molecule has 5 bridgehead atoms. The van der Waals surface area contributed by atoms with Gasteiger partial charge in [-0.2, -0.15) is 0 Å². The lowest BCUT2D eigenvalue weighted by atomic mass is 9.78. The summed E-state index contributed by atoms with van der Waals surface area (Å²) in [5.41, 5.74) is 6.83. The topological polar surface area (TPSA) is 231 Å². The Kier molecular flexibility index (Phi) is 14.6. The summed E-state index contributed by atoms with van der Waals surface area (Å²) in [6, 6.07) is 8.47. The molecule has 3 aliphatic rings. The summed E-state index contributed by atoms with van der Waals surface area (Å²) in [5, 5.41) is 48.4. The Morgan fingerprint density at radius 1 is 0.919 bits per heavy atom. The molecule has 2 amide bonds. The number of aliphatic hydroxyl groups is 2. The zero-order valence-corrected chi connectivity index (χ0v) is 36.6. The van der Waals surface area contributed by atoms with Gasteiger partial charge in [0.15, 0.2) is 12.4 Å². The van der Waals surface area contributed by atoms with E-state index < -0.39 is 95.5 Å². The average Bonchev–Trinajstić information content (AvgIpc) is 3.50. The summed E-state index contributed by atoms with van der Waals surface area (Å²) in [7, 11) is 1.43. The quantitative estimate of drug-likeness (QED) is 0.0836.